The van der Waals surface area contributed by atoms with E-state index in [1.54, 1.807) is 18.3 Å². The monoisotopic (exact) mass is 328 g/mol. The molecule has 22 heavy (non-hydrogen) atoms. The van der Waals surface area contributed by atoms with Gasteiger partial charge in [0.2, 0.25) is 0 Å². The molecule has 0 bridgehead atoms. The maximum absolute atomic E-state index is 9.60. The first-order valence-corrected chi connectivity index (χ1v) is 8.53. The molecule has 1 saturated heterocycles. The number of nitrogens with zero attached hydrogens (tertiary/aromatic N) is 1. The van der Waals surface area contributed by atoms with E-state index in [0.29, 0.717) is 12.4 Å². The van der Waals surface area contributed by atoms with E-state index in [1.165, 1.54) is 22.7 Å². The maximum Gasteiger partial charge on any atom is 0.293 e. The highest BCUT2D eigenvalue weighted by atomic mass is 32.1. The van der Waals surface area contributed by atoms with Crippen LogP contribution in [0, 0.1) is 6.92 Å². The topological polar surface area (TPSA) is 71.5 Å². The Bertz CT molecular complexity index is 460. The van der Waals surface area contributed by atoms with E-state index in [0.717, 1.165) is 18.8 Å². The van der Waals surface area contributed by atoms with Gasteiger partial charge in [-0.15, -0.1) is 11.3 Å². The second kappa shape index (κ2) is 8.60. The minimum absolute atomic E-state index is 0.318. The number of hydrogen-bond donors (Lipinski definition) is 2. The Hall–Kier alpha value is -0.980. The normalized spacial score (nSPS) is 17.4. The zero-order chi connectivity index (χ0) is 16.8. The lowest BCUT2D eigenvalue weighted by molar-refractivity contribution is -0.138. The molecule has 1 unspecified atom stereocenters. The summed E-state index contributed by atoms with van der Waals surface area (Å²) in [6.45, 7) is 11.9. The third-order valence-electron chi connectivity index (χ3n) is 3.33. The lowest BCUT2D eigenvalue weighted by atomic mass is 9.99. The molecular weight excluding hydrogens is 300 g/mol. The van der Waals surface area contributed by atoms with Gasteiger partial charge in [0.05, 0.1) is 16.8 Å². The van der Waals surface area contributed by atoms with Crippen molar-refractivity contribution in [2.24, 2.45) is 0 Å². The van der Waals surface area contributed by atoms with E-state index in [2.05, 4.69) is 15.0 Å². The Morgan fingerprint density at radius 2 is 2.00 bits per heavy atom. The summed E-state index contributed by atoms with van der Waals surface area (Å²) in [7, 11) is 0. The predicted molar refractivity (Wildman–Crippen MR) is 89.2 cm³/mol. The molecule has 1 fully saturated rings. The quantitative estimate of drug-likeness (QED) is 0.835. The molecule has 0 radical (unpaired) electrons. The number of rotatable bonds is 3. The van der Waals surface area contributed by atoms with Gasteiger partial charge in [-0.3, -0.25) is 4.79 Å². The van der Waals surface area contributed by atoms with Crippen molar-refractivity contribution in [1.29, 1.82) is 0 Å². The van der Waals surface area contributed by atoms with Crippen molar-refractivity contribution in [1.82, 2.24) is 10.3 Å². The van der Waals surface area contributed by atoms with Crippen LogP contribution >= 0.6 is 11.3 Å². The number of aliphatic hydroxyl groups is 1. The maximum atomic E-state index is 9.60. The number of hydrogen-bond acceptors (Lipinski definition) is 6. The second-order valence-corrected chi connectivity index (χ2v) is 7.75. The van der Waals surface area contributed by atoms with Crippen molar-refractivity contribution in [3.8, 4) is 0 Å². The zero-order valence-electron chi connectivity index (χ0n) is 14.2. The van der Waals surface area contributed by atoms with E-state index >= 15 is 0 Å². The van der Waals surface area contributed by atoms with Crippen molar-refractivity contribution in [2.75, 3.05) is 13.1 Å². The first-order chi connectivity index (χ1) is 10.2. The third-order valence-corrected chi connectivity index (χ3v) is 4.48. The van der Waals surface area contributed by atoms with E-state index < -0.39 is 6.10 Å². The fourth-order valence-corrected chi connectivity index (χ4v) is 3.39. The zero-order valence-corrected chi connectivity index (χ0v) is 15.0. The number of nitrogens with one attached hydrogen (secondary N) is 1. The van der Waals surface area contributed by atoms with Gasteiger partial charge in [-0.25, -0.2) is 4.98 Å². The lowest BCUT2D eigenvalue weighted by Crippen LogP contribution is -2.26. The molecule has 2 heterocycles. The van der Waals surface area contributed by atoms with E-state index in [9.17, 15) is 9.90 Å². The summed E-state index contributed by atoms with van der Waals surface area (Å²) >= 11 is 1.75. The number of carbonyl (C=O) groups excluding carboxylic acids is 1. The van der Waals surface area contributed by atoms with Gasteiger partial charge in [0.1, 0.15) is 5.60 Å². The first kappa shape index (κ1) is 19.1. The Morgan fingerprint density at radius 1 is 1.41 bits per heavy atom. The summed E-state index contributed by atoms with van der Waals surface area (Å²) in [4.78, 5) is 15.3. The Kier molecular flexibility index (Phi) is 7.45. The summed E-state index contributed by atoms with van der Waals surface area (Å²) < 4.78 is 4.55. The fourth-order valence-electron chi connectivity index (χ4n) is 2.20. The van der Waals surface area contributed by atoms with Gasteiger partial charge in [-0.2, -0.15) is 0 Å². The van der Waals surface area contributed by atoms with Gasteiger partial charge in [0, 0.05) is 10.8 Å². The molecule has 6 heteroatoms. The van der Waals surface area contributed by atoms with E-state index in [1.807, 2.05) is 27.7 Å². The minimum atomic E-state index is -0.434. The van der Waals surface area contributed by atoms with Crippen LogP contribution in [0.3, 0.4) is 0 Å². The third kappa shape index (κ3) is 6.42. The summed E-state index contributed by atoms with van der Waals surface area (Å²) in [5.74, 6) is 0.599. The molecule has 1 aliphatic heterocycles. The van der Waals surface area contributed by atoms with Crippen LogP contribution in [0.15, 0.2) is 0 Å². The van der Waals surface area contributed by atoms with Crippen molar-refractivity contribution in [3.63, 3.8) is 0 Å². The molecule has 2 rings (SSSR count). The fraction of sp³-hybridized carbons (Fsp3) is 0.750. The first-order valence-electron chi connectivity index (χ1n) is 7.72. The SMILES string of the molecule is CC(C)(C)OC=O.Cc1sc(C2CCNCC2)nc1C(C)O. The van der Waals surface area contributed by atoms with Gasteiger partial charge in [-0.05, 0) is 60.5 Å². The second-order valence-electron chi connectivity index (χ2n) is 6.52. The van der Waals surface area contributed by atoms with Gasteiger partial charge in [0.15, 0.2) is 0 Å². The van der Waals surface area contributed by atoms with Crippen LogP contribution in [0.4, 0.5) is 0 Å². The van der Waals surface area contributed by atoms with Crippen LogP contribution in [0.2, 0.25) is 0 Å². The largest absolute Gasteiger partial charge is 0.462 e. The molecule has 5 nitrogen and oxygen atoms in total. The van der Waals surface area contributed by atoms with Crippen molar-refractivity contribution in [3.05, 3.63) is 15.6 Å². The van der Waals surface area contributed by atoms with Crippen LogP contribution < -0.4 is 5.32 Å². The number of thiazole rings is 1. The minimum Gasteiger partial charge on any atom is -0.462 e. The summed E-state index contributed by atoms with van der Waals surface area (Å²) in [6, 6.07) is 0. The Labute approximate surface area is 137 Å². The van der Waals surface area contributed by atoms with E-state index in [4.69, 9.17) is 0 Å². The van der Waals surface area contributed by atoms with Crippen LogP contribution in [0.25, 0.3) is 0 Å². The molecule has 0 spiro atoms. The average Bonchev–Trinajstić information content (AvgIpc) is 2.81. The molecule has 0 saturated carbocycles. The molecule has 0 amide bonds. The molecular formula is C16H28N2O3S. The summed E-state index contributed by atoms with van der Waals surface area (Å²) in [6.07, 6.45) is 1.91. The number of ether oxygens (including phenoxy) is 1. The lowest BCUT2D eigenvalue weighted by Gasteiger charge is -2.20. The number of piperidine rings is 1. The molecule has 1 atom stereocenters. The molecule has 2 N–H and O–H groups in total. The van der Waals surface area contributed by atoms with Crippen molar-refractivity contribution >= 4 is 17.8 Å². The number of aryl methyl sites for hydroxylation is 1. The van der Waals surface area contributed by atoms with Gasteiger partial charge in [0.25, 0.3) is 6.47 Å². The average molecular weight is 328 g/mol. The molecule has 1 aliphatic rings. The van der Waals surface area contributed by atoms with Crippen molar-refractivity contribution < 1.29 is 14.6 Å². The van der Waals surface area contributed by atoms with Crippen LogP contribution in [0.5, 0.6) is 0 Å². The Morgan fingerprint density at radius 3 is 2.36 bits per heavy atom. The molecule has 0 aromatic carbocycles. The Balaban J connectivity index is 0.000000295. The highest BCUT2D eigenvalue weighted by Gasteiger charge is 2.21. The van der Waals surface area contributed by atoms with Gasteiger partial charge in [-0.1, -0.05) is 0 Å². The van der Waals surface area contributed by atoms with Crippen LogP contribution in [-0.2, 0) is 9.53 Å². The van der Waals surface area contributed by atoms with E-state index in [-0.39, 0.29) is 5.60 Å². The van der Waals surface area contributed by atoms with Crippen molar-refractivity contribution in [2.45, 2.75) is 65.1 Å². The van der Waals surface area contributed by atoms with Gasteiger partial charge < -0.3 is 15.2 Å². The molecule has 1 aromatic rings. The number of aromatic nitrogens is 1. The summed E-state index contributed by atoms with van der Waals surface area (Å²) in [5, 5.41) is 14.1. The molecule has 0 aliphatic carbocycles. The van der Waals surface area contributed by atoms with Crippen LogP contribution in [-0.4, -0.2) is 35.3 Å². The number of carbonyl (C=O) groups is 1. The van der Waals surface area contributed by atoms with Crippen LogP contribution in [0.1, 0.15) is 68.1 Å². The molecule has 126 valence electrons. The predicted octanol–water partition coefficient (Wildman–Crippen LogP) is 2.93. The van der Waals surface area contributed by atoms with Gasteiger partial charge >= 0.3 is 0 Å². The smallest absolute Gasteiger partial charge is 0.293 e. The standard InChI is InChI=1S/C11H18N2OS.C5H10O2/c1-7(14)10-8(2)15-11(13-10)9-3-5-12-6-4-9;1-5(2,3)7-4-6/h7,9,12,14H,3-6H2,1-2H3;4H,1-3H3. The highest BCUT2D eigenvalue weighted by molar-refractivity contribution is 7.11. The molecule has 1 aromatic heterocycles. The number of aliphatic hydroxyl groups excluding tert-OH is 1. The highest BCUT2D eigenvalue weighted by Crippen LogP contribution is 2.32. The summed E-state index contributed by atoms with van der Waals surface area (Å²) in [5.41, 5.74) is 0.551.